The Labute approximate surface area is 198 Å². The van der Waals surface area contributed by atoms with E-state index in [0.717, 1.165) is 11.0 Å². The summed E-state index contributed by atoms with van der Waals surface area (Å²) in [7, 11) is 0.455. The summed E-state index contributed by atoms with van der Waals surface area (Å²) >= 11 is 0. The van der Waals surface area contributed by atoms with Gasteiger partial charge in [-0.2, -0.15) is 0 Å². The molecule has 0 bridgehead atoms. The van der Waals surface area contributed by atoms with Gasteiger partial charge in [-0.3, -0.25) is 0 Å². The SMILES string of the molecule is CC(C)(O)C(C)(C)OBc1ccc(-c2cc(-c3ccccc3)cc(-c3ccccc3)c2)cc1. The topological polar surface area (TPSA) is 29.5 Å². The predicted octanol–water partition coefficient (Wildman–Crippen LogP) is 6.23. The van der Waals surface area contributed by atoms with Gasteiger partial charge in [0.2, 0.25) is 0 Å². The lowest BCUT2D eigenvalue weighted by Gasteiger charge is -2.37. The van der Waals surface area contributed by atoms with Crippen molar-refractivity contribution >= 4 is 12.9 Å². The average Bonchev–Trinajstić information content (AvgIpc) is 2.83. The third-order valence-corrected chi connectivity index (χ3v) is 6.51. The summed E-state index contributed by atoms with van der Waals surface area (Å²) in [6, 6.07) is 36.3. The van der Waals surface area contributed by atoms with Gasteiger partial charge in [-0.05, 0) is 79.3 Å². The van der Waals surface area contributed by atoms with Crippen LogP contribution in [0.4, 0.5) is 0 Å². The Morgan fingerprint density at radius 1 is 0.545 bits per heavy atom. The number of benzene rings is 4. The first-order valence-electron chi connectivity index (χ1n) is 11.4. The molecule has 33 heavy (non-hydrogen) atoms. The summed E-state index contributed by atoms with van der Waals surface area (Å²) in [5, 5.41) is 10.3. The zero-order valence-corrected chi connectivity index (χ0v) is 19.9. The Kier molecular flexibility index (Phi) is 6.55. The minimum absolute atomic E-state index is 0.455. The van der Waals surface area contributed by atoms with Crippen LogP contribution in [0.1, 0.15) is 27.7 Å². The van der Waals surface area contributed by atoms with E-state index in [-0.39, 0.29) is 0 Å². The molecule has 3 heteroatoms. The average molecular weight is 434 g/mol. The van der Waals surface area contributed by atoms with E-state index in [9.17, 15) is 5.11 Å². The maximum absolute atomic E-state index is 10.3. The normalized spacial score (nSPS) is 11.9. The first-order valence-corrected chi connectivity index (χ1v) is 11.4. The first-order chi connectivity index (χ1) is 15.7. The van der Waals surface area contributed by atoms with E-state index in [1.54, 1.807) is 13.8 Å². The van der Waals surface area contributed by atoms with Crippen LogP contribution in [0.2, 0.25) is 0 Å². The quantitative estimate of drug-likeness (QED) is 0.350. The molecule has 0 aromatic heterocycles. The number of hydrogen-bond acceptors (Lipinski definition) is 2. The van der Waals surface area contributed by atoms with Crippen molar-refractivity contribution in [3.05, 3.63) is 103 Å². The van der Waals surface area contributed by atoms with Gasteiger partial charge in [-0.15, -0.1) is 0 Å². The van der Waals surface area contributed by atoms with Gasteiger partial charge in [0.05, 0.1) is 11.2 Å². The van der Waals surface area contributed by atoms with E-state index in [2.05, 4.69) is 91.0 Å². The van der Waals surface area contributed by atoms with Gasteiger partial charge in [0.25, 0.3) is 0 Å². The Bertz CT molecular complexity index is 1130. The van der Waals surface area contributed by atoms with Crippen LogP contribution in [0.5, 0.6) is 0 Å². The Balaban J connectivity index is 1.65. The maximum atomic E-state index is 10.3. The fraction of sp³-hybridized carbons (Fsp3) is 0.200. The number of rotatable bonds is 7. The molecule has 1 N–H and O–H groups in total. The number of hydrogen-bond donors (Lipinski definition) is 1. The summed E-state index contributed by atoms with van der Waals surface area (Å²) < 4.78 is 6.03. The van der Waals surface area contributed by atoms with Crippen molar-refractivity contribution < 1.29 is 9.76 Å². The van der Waals surface area contributed by atoms with E-state index in [1.165, 1.54) is 27.8 Å². The minimum Gasteiger partial charge on any atom is -0.427 e. The Morgan fingerprint density at radius 3 is 1.33 bits per heavy atom. The Hall–Kier alpha value is -3.14. The summed E-state index contributed by atoms with van der Waals surface area (Å²) in [6.45, 7) is 7.39. The summed E-state index contributed by atoms with van der Waals surface area (Å²) in [5.41, 5.74) is 6.68. The molecule has 0 aliphatic rings. The van der Waals surface area contributed by atoms with E-state index < -0.39 is 11.2 Å². The molecule has 4 rings (SSSR count). The zero-order valence-electron chi connectivity index (χ0n) is 19.9. The summed E-state index contributed by atoms with van der Waals surface area (Å²) in [6.07, 6.45) is 0. The first kappa shape index (κ1) is 23.0. The highest BCUT2D eigenvalue weighted by atomic mass is 16.5. The van der Waals surface area contributed by atoms with Crippen molar-refractivity contribution in [1.82, 2.24) is 0 Å². The highest BCUT2D eigenvalue weighted by molar-refractivity contribution is 6.47. The van der Waals surface area contributed by atoms with Gasteiger partial charge in [-0.25, -0.2) is 0 Å². The van der Waals surface area contributed by atoms with Crippen molar-refractivity contribution in [2.75, 3.05) is 0 Å². The monoisotopic (exact) mass is 434 g/mol. The highest BCUT2D eigenvalue weighted by Crippen LogP contribution is 2.32. The second kappa shape index (κ2) is 9.39. The molecular weight excluding hydrogens is 403 g/mol. The molecule has 0 atom stereocenters. The molecule has 0 saturated heterocycles. The summed E-state index contributed by atoms with van der Waals surface area (Å²) in [5.74, 6) is 0. The third kappa shape index (κ3) is 5.44. The van der Waals surface area contributed by atoms with Crippen LogP contribution < -0.4 is 5.46 Å². The zero-order chi connectivity index (χ0) is 23.5. The van der Waals surface area contributed by atoms with E-state index in [4.69, 9.17) is 4.65 Å². The van der Waals surface area contributed by atoms with E-state index in [0.29, 0.717) is 7.48 Å². The molecule has 4 aromatic carbocycles. The maximum Gasteiger partial charge on any atom is 0.309 e. The van der Waals surface area contributed by atoms with Crippen molar-refractivity contribution in [3.8, 4) is 33.4 Å². The molecule has 2 nitrogen and oxygen atoms in total. The molecule has 0 aliphatic carbocycles. The van der Waals surface area contributed by atoms with Gasteiger partial charge in [0.1, 0.15) is 0 Å². The van der Waals surface area contributed by atoms with Crippen LogP contribution in [0.3, 0.4) is 0 Å². The third-order valence-electron chi connectivity index (χ3n) is 6.51. The lowest BCUT2D eigenvalue weighted by atomic mass is 9.82. The van der Waals surface area contributed by atoms with Gasteiger partial charge in [-0.1, -0.05) is 90.4 Å². The lowest BCUT2D eigenvalue weighted by molar-refractivity contribution is -0.0893. The molecule has 0 radical (unpaired) electrons. The van der Waals surface area contributed by atoms with E-state index in [1.807, 2.05) is 26.0 Å². The molecular formula is C30H31BO2. The molecule has 0 fully saturated rings. The second-order valence-electron chi connectivity index (χ2n) is 9.59. The fourth-order valence-electron chi connectivity index (χ4n) is 3.62. The smallest absolute Gasteiger partial charge is 0.309 e. The predicted molar refractivity (Wildman–Crippen MR) is 141 cm³/mol. The van der Waals surface area contributed by atoms with Gasteiger partial charge < -0.3 is 9.76 Å². The number of aliphatic hydroxyl groups is 1. The second-order valence-corrected chi connectivity index (χ2v) is 9.59. The van der Waals surface area contributed by atoms with Crippen LogP contribution >= 0.6 is 0 Å². The molecule has 0 unspecified atom stereocenters. The van der Waals surface area contributed by atoms with Crippen LogP contribution in [0.25, 0.3) is 33.4 Å². The van der Waals surface area contributed by atoms with Gasteiger partial charge in [0, 0.05) is 0 Å². The van der Waals surface area contributed by atoms with Crippen molar-refractivity contribution in [3.63, 3.8) is 0 Å². The molecule has 0 amide bonds. The Morgan fingerprint density at radius 2 is 0.939 bits per heavy atom. The van der Waals surface area contributed by atoms with Crippen LogP contribution in [-0.4, -0.2) is 23.8 Å². The molecule has 0 heterocycles. The van der Waals surface area contributed by atoms with Crippen LogP contribution in [0, 0.1) is 0 Å². The largest absolute Gasteiger partial charge is 0.427 e. The molecule has 166 valence electrons. The van der Waals surface area contributed by atoms with E-state index >= 15 is 0 Å². The van der Waals surface area contributed by atoms with Crippen LogP contribution in [0.15, 0.2) is 103 Å². The minimum atomic E-state index is -0.918. The molecule has 0 spiro atoms. The summed E-state index contributed by atoms with van der Waals surface area (Å²) in [4.78, 5) is 0. The molecule has 0 aliphatic heterocycles. The standard InChI is InChI=1S/C30H31BO2/c1-29(2,32)30(3,4)33-31-28-17-15-24(16-18-28)27-20-25(22-11-7-5-8-12-22)19-26(21-27)23-13-9-6-10-14-23/h5-21,31-32H,1-4H3. The highest BCUT2D eigenvalue weighted by Gasteiger charge is 2.35. The van der Waals surface area contributed by atoms with Crippen molar-refractivity contribution in [1.29, 1.82) is 0 Å². The molecule has 4 aromatic rings. The van der Waals surface area contributed by atoms with Gasteiger partial charge >= 0.3 is 7.48 Å². The fourth-order valence-corrected chi connectivity index (χ4v) is 3.62. The van der Waals surface area contributed by atoms with Crippen molar-refractivity contribution in [2.24, 2.45) is 0 Å². The van der Waals surface area contributed by atoms with Crippen molar-refractivity contribution in [2.45, 2.75) is 38.9 Å². The molecule has 0 saturated carbocycles. The van der Waals surface area contributed by atoms with Gasteiger partial charge in [0.15, 0.2) is 0 Å². The lowest BCUT2D eigenvalue weighted by Crippen LogP contribution is -2.49. The van der Waals surface area contributed by atoms with Crippen LogP contribution in [-0.2, 0) is 4.65 Å².